The summed E-state index contributed by atoms with van der Waals surface area (Å²) in [6.45, 7) is 6.64. The van der Waals surface area contributed by atoms with E-state index in [1.54, 1.807) is 0 Å². The Hall–Kier alpha value is -1.85. The minimum absolute atomic E-state index is 0.0669. The highest BCUT2D eigenvalue weighted by Gasteiger charge is 2.19. The van der Waals surface area contributed by atoms with Crippen LogP contribution in [-0.4, -0.2) is 37.2 Å². The number of allylic oxidation sites excluding steroid dienone is 2. The highest BCUT2D eigenvalue weighted by Crippen LogP contribution is 2.17. The van der Waals surface area contributed by atoms with Crippen LogP contribution >= 0.6 is 0 Å². The molecule has 0 bridgehead atoms. The van der Waals surface area contributed by atoms with Crippen LogP contribution in [0.4, 0.5) is 0 Å². The van der Waals surface area contributed by atoms with E-state index in [1.165, 1.54) is 199 Å². The summed E-state index contributed by atoms with van der Waals surface area (Å²) < 4.78 is 16.8. The fraction of sp³-hybridized carbons (Fsp3) is 0.909. The fourth-order valence-electron chi connectivity index (χ4n) is 8.13. The van der Waals surface area contributed by atoms with Gasteiger partial charge in [-0.2, -0.15) is 0 Å². The van der Waals surface area contributed by atoms with Crippen LogP contribution in [0.5, 0.6) is 0 Å². The Kier molecular flexibility index (Phi) is 49.3. The predicted molar refractivity (Wildman–Crippen MR) is 261 cm³/mol. The molecule has 0 aliphatic rings. The van der Waals surface area contributed by atoms with Crippen LogP contribution in [0.25, 0.3) is 0 Å². The van der Waals surface area contributed by atoms with E-state index >= 15 is 0 Å². The molecule has 0 aliphatic heterocycles. The van der Waals surface area contributed by atoms with Crippen LogP contribution in [0.3, 0.4) is 0 Å². The summed E-state index contributed by atoms with van der Waals surface area (Å²) in [5.41, 5.74) is 0. The zero-order chi connectivity index (χ0) is 44.4. The Morgan fingerprint density at radius 1 is 0.311 bits per heavy atom. The molecule has 6 nitrogen and oxygen atoms in total. The SMILES string of the molecule is CCCC/C=C\CCCCCCCC(=O)OC[C@H](COC(=O)CCCCCCCCCCCCCCCCCCCC)OC(=O)CCCCCCCCCCCCCCCC. The fourth-order valence-corrected chi connectivity index (χ4v) is 8.13. The lowest BCUT2D eigenvalue weighted by atomic mass is 10.0. The van der Waals surface area contributed by atoms with Gasteiger partial charge in [0.25, 0.3) is 0 Å². The molecule has 0 aromatic rings. The van der Waals surface area contributed by atoms with Crippen molar-refractivity contribution in [3.05, 3.63) is 12.2 Å². The normalized spacial score (nSPS) is 12.0. The monoisotopic (exact) mass is 861 g/mol. The maximum atomic E-state index is 12.8. The second-order valence-corrected chi connectivity index (χ2v) is 18.5. The molecule has 1 atom stereocenters. The molecule has 0 fully saturated rings. The van der Waals surface area contributed by atoms with Crippen molar-refractivity contribution in [2.45, 2.75) is 309 Å². The molecule has 0 saturated carbocycles. The number of carbonyl (C=O) groups excluding carboxylic acids is 3. The summed E-state index contributed by atoms with van der Waals surface area (Å²) in [6, 6.07) is 0. The molecule has 0 unspecified atom stereocenters. The number of unbranched alkanes of at least 4 members (excludes halogenated alkanes) is 37. The van der Waals surface area contributed by atoms with Crippen LogP contribution in [0.1, 0.15) is 303 Å². The van der Waals surface area contributed by atoms with E-state index in [9.17, 15) is 14.4 Å². The van der Waals surface area contributed by atoms with Gasteiger partial charge in [0.1, 0.15) is 13.2 Å². The van der Waals surface area contributed by atoms with Crippen LogP contribution < -0.4 is 0 Å². The van der Waals surface area contributed by atoms with Gasteiger partial charge in [0.2, 0.25) is 0 Å². The molecule has 0 N–H and O–H groups in total. The average molecular weight is 861 g/mol. The minimum Gasteiger partial charge on any atom is -0.462 e. The van der Waals surface area contributed by atoms with Crippen molar-refractivity contribution in [3.8, 4) is 0 Å². The number of esters is 3. The number of rotatable bonds is 50. The first-order valence-electron chi connectivity index (χ1n) is 27.2. The van der Waals surface area contributed by atoms with Gasteiger partial charge in [-0.05, 0) is 38.5 Å². The molecule has 0 spiro atoms. The predicted octanol–water partition coefficient (Wildman–Crippen LogP) is 17.8. The molecule has 61 heavy (non-hydrogen) atoms. The standard InChI is InChI=1S/C55H104O6/c1-4-7-10-13-16-19-22-24-26-27-28-29-31-33-36-39-42-45-48-54(57)60-51-52(50-59-53(56)47-44-41-38-35-32-21-18-15-12-9-6-3)61-55(58)49-46-43-40-37-34-30-25-23-20-17-14-11-8-5-2/h15,18,52H,4-14,16-17,19-51H2,1-3H3/b18-15-/t52-/m1/s1. The third-order valence-electron chi connectivity index (χ3n) is 12.3. The zero-order valence-electron chi connectivity index (χ0n) is 41.2. The van der Waals surface area contributed by atoms with E-state index in [0.717, 1.165) is 64.2 Å². The highest BCUT2D eigenvalue weighted by molar-refractivity contribution is 5.71. The van der Waals surface area contributed by atoms with Gasteiger partial charge in [0.15, 0.2) is 6.10 Å². The van der Waals surface area contributed by atoms with E-state index in [0.29, 0.717) is 19.3 Å². The number of ether oxygens (including phenoxy) is 3. The molecule has 0 heterocycles. The second-order valence-electron chi connectivity index (χ2n) is 18.5. The molecule has 360 valence electrons. The Labute approximate surface area is 380 Å². The molecular formula is C55H104O6. The van der Waals surface area contributed by atoms with Crippen LogP contribution in [-0.2, 0) is 28.6 Å². The number of hydrogen-bond donors (Lipinski definition) is 0. The van der Waals surface area contributed by atoms with Gasteiger partial charge in [-0.15, -0.1) is 0 Å². The Morgan fingerprint density at radius 2 is 0.557 bits per heavy atom. The maximum absolute atomic E-state index is 12.8. The first-order chi connectivity index (χ1) is 30.0. The zero-order valence-corrected chi connectivity index (χ0v) is 41.2. The third kappa shape index (κ3) is 49.0. The first kappa shape index (κ1) is 59.1. The van der Waals surface area contributed by atoms with Crippen LogP contribution in [0.2, 0.25) is 0 Å². The van der Waals surface area contributed by atoms with Crippen molar-refractivity contribution in [1.29, 1.82) is 0 Å². The van der Waals surface area contributed by atoms with Crippen molar-refractivity contribution in [1.82, 2.24) is 0 Å². The van der Waals surface area contributed by atoms with E-state index in [2.05, 4.69) is 32.9 Å². The lowest BCUT2D eigenvalue weighted by molar-refractivity contribution is -0.167. The highest BCUT2D eigenvalue weighted by atomic mass is 16.6. The molecule has 0 saturated heterocycles. The molecule has 0 aliphatic carbocycles. The second kappa shape index (κ2) is 50.8. The summed E-state index contributed by atoms with van der Waals surface area (Å²) >= 11 is 0. The summed E-state index contributed by atoms with van der Waals surface area (Å²) in [7, 11) is 0. The largest absolute Gasteiger partial charge is 0.462 e. The Balaban J connectivity index is 4.27. The van der Waals surface area contributed by atoms with Crippen LogP contribution in [0.15, 0.2) is 12.2 Å². The molecule has 0 aromatic heterocycles. The molecule has 0 rings (SSSR count). The van der Waals surface area contributed by atoms with Gasteiger partial charge in [0, 0.05) is 19.3 Å². The number of carbonyl (C=O) groups is 3. The van der Waals surface area contributed by atoms with Crippen molar-refractivity contribution in [3.63, 3.8) is 0 Å². The molecule has 0 radical (unpaired) electrons. The average Bonchev–Trinajstić information content (AvgIpc) is 3.26. The van der Waals surface area contributed by atoms with E-state index in [-0.39, 0.29) is 31.1 Å². The van der Waals surface area contributed by atoms with Gasteiger partial charge in [-0.25, -0.2) is 0 Å². The Morgan fingerprint density at radius 3 is 0.869 bits per heavy atom. The van der Waals surface area contributed by atoms with Gasteiger partial charge in [0.05, 0.1) is 0 Å². The van der Waals surface area contributed by atoms with E-state index in [4.69, 9.17) is 14.2 Å². The van der Waals surface area contributed by atoms with Gasteiger partial charge in [-0.3, -0.25) is 14.4 Å². The van der Waals surface area contributed by atoms with Crippen molar-refractivity contribution >= 4 is 17.9 Å². The quantitative estimate of drug-likeness (QED) is 0.0262. The Bertz CT molecular complexity index is 947. The topological polar surface area (TPSA) is 78.9 Å². The smallest absolute Gasteiger partial charge is 0.306 e. The van der Waals surface area contributed by atoms with Gasteiger partial charge >= 0.3 is 17.9 Å². The van der Waals surface area contributed by atoms with Crippen molar-refractivity contribution < 1.29 is 28.6 Å². The van der Waals surface area contributed by atoms with Gasteiger partial charge < -0.3 is 14.2 Å². The number of hydrogen-bond acceptors (Lipinski definition) is 6. The third-order valence-corrected chi connectivity index (χ3v) is 12.3. The maximum Gasteiger partial charge on any atom is 0.306 e. The lowest BCUT2D eigenvalue weighted by Gasteiger charge is -2.18. The molecule has 0 aromatic carbocycles. The van der Waals surface area contributed by atoms with Crippen LogP contribution in [0, 0.1) is 0 Å². The lowest BCUT2D eigenvalue weighted by Crippen LogP contribution is -2.30. The van der Waals surface area contributed by atoms with E-state index < -0.39 is 6.10 Å². The first-order valence-corrected chi connectivity index (χ1v) is 27.2. The summed E-state index contributed by atoms with van der Waals surface area (Å²) in [6.07, 6.45) is 56.3. The summed E-state index contributed by atoms with van der Waals surface area (Å²) in [5, 5.41) is 0. The van der Waals surface area contributed by atoms with Gasteiger partial charge in [-0.1, -0.05) is 258 Å². The molecule has 6 heteroatoms. The van der Waals surface area contributed by atoms with Crippen molar-refractivity contribution in [2.75, 3.05) is 13.2 Å². The molecular weight excluding hydrogens is 757 g/mol. The summed E-state index contributed by atoms with van der Waals surface area (Å²) in [5.74, 6) is -0.857. The van der Waals surface area contributed by atoms with E-state index in [1.807, 2.05) is 0 Å². The summed E-state index contributed by atoms with van der Waals surface area (Å²) in [4.78, 5) is 38.0. The van der Waals surface area contributed by atoms with Crippen molar-refractivity contribution in [2.24, 2.45) is 0 Å². The molecule has 0 amide bonds. The minimum atomic E-state index is -0.766.